The van der Waals surface area contributed by atoms with Crippen molar-refractivity contribution in [3.05, 3.63) is 0 Å². The molecule has 0 aromatic heterocycles. The predicted molar refractivity (Wildman–Crippen MR) is 44.5 cm³/mol. The summed E-state index contributed by atoms with van der Waals surface area (Å²) in [6, 6.07) is 0. The van der Waals surface area contributed by atoms with E-state index in [-0.39, 0.29) is 5.92 Å². The molecule has 1 aliphatic heterocycles. The van der Waals surface area contributed by atoms with Gasteiger partial charge in [-0.25, -0.2) is 0 Å². The summed E-state index contributed by atoms with van der Waals surface area (Å²) in [7, 11) is 1.93. The van der Waals surface area contributed by atoms with Gasteiger partial charge in [0.1, 0.15) is 6.29 Å². The van der Waals surface area contributed by atoms with Crippen LogP contribution in [0.2, 0.25) is 0 Å². The summed E-state index contributed by atoms with van der Waals surface area (Å²) in [6.07, 6.45) is 2.19. The summed E-state index contributed by atoms with van der Waals surface area (Å²) in [5, 5.41) is 6.33. The Kier molecular flexibility index (Phi) is 3.52. The van der Waals surface area contributed by atoms with E-state index in [9.17, 15) is 4.79 Å². The highest BCUT2D eigenvalue weighted by molar-refractivity contribution is 5.54. The van der Waals surface area contributed by atoms with Gasteiger partial charge in [0.25, 0.3) is 0 Å². The molecule has 1 heterocycles. The van der Waals surface area contributed by atoms with Crippen molar-refractivity contribution >= 4 is 6.29 Å². The summed E-state index contributed by atoms with van der Waals surface area (Å²) < 4.78 is 0. The van der Waals surface area contributed by atoms with Crippen LogP contribution < -0.4 is 10.6 Å². The van der Waals surface area contributed by atoms with E-state index in [1.165, 1.54) is 0 Å². The van der Waals surface area contributed by atoms with Crippen LogP contribution in [-0.4, -0.2) is 33.0 Å². The first-order valence-corrected chi connectivity index (χ1v) is 4.19. The highest BCUT2D eigenvalue weighted by Gasteiger charge is 2.23. The number of piperidine rings is 1. The van der Waals surface area contributed by atoms with Crippen molar-refractivity contribution in [1.29, 1.82) is 0 Å². The third-order valence-corrected chi connectivity index (χ3v) is 2.32. The SMILES string of the molecule is CNCC1CCNCC1C=O. The molecular weight excluding hydrogens is 140 g/mol. The maximum Gasteiger partial charge on any atom is 0.124 e. The molecule has 0 aromatic carbocycles. The molecule has 11 heavy (non-hydrogen) atoms. The Bertz CT molecular complexity index is 125. The van der Waals surface area contributed by atoms with Crippen LogP contribution in [0.25, 0.3) is 0 Å². The number of nitrogens with one attached hydrogen (secondary N) is 2. The van der Waals surface area contributed by atoms with Crippen molar-refractivity contribution in [1.82, 2.24) is 10.6 Å². The van der Waals surface area contributed by atoms with Gasteiger partial charge < -0.3 is 15.4 Å². The Morgan fingerprint density at radius 1 is 1.73 bits per heavy atom. The molecule has 0 amide bonds. The van der Waals surface area contributed by atoms with E-state index < -0.39 is 0 Å². The van der Waals surface area contributed by atoms with Gasteiger partial charge in [-0.1, -0.05) is 0 Å². The first kappa shape index (κ1) is 8.68. The monoisotopic (exact) mass is 156 g/mol. The minimum atomic E-state index is 0.219. The molecule has 64 valence electrons. The average Bonchev–Trinajstić information content (AvgIpc) is 2.06. The summed E-state index contributed by atoms with van der Waals surface area (Å²) in [6.45, 7) is 2.87. The van der Waals surface area contributed by atoms with Gasteiger partial charge in [-0.15, -0.1) is 0 Å². The Morgan fingerprint density at radius 3 is 3.18 bits per heavy atom. The molecule has 3 heteroatoms. The van der Waals surface area contributed by atoms with Crippen molar-refractivity contribution in [2.45, 2.75) is 6.42 Å². The van der Waals surface area contributed by atoms with Gasteiger partial charge in [-0.3, -0.25) is 0 Å². The van der Waals surface area contributed by atoms with Gasteiger partial charge in [0.05, 0.1) is 0 Å². The number of rotatable bonds is 3. The van der Waals surface area contributed by atoms with Crippen LogP contribution in [0, 0.1) is 11.8 Å². The molecule has 2 atom stereocenters. The lowest BCUT2D eigenvalue weighted by Crippen LogP contribution is -2.41. The Hall–Kier alpha value is -0.410. The Morgan fingerprint density at radius 2 is 2.55 bits per heavy atom. The normalized spacial score (nSPS) is 31.7. The van der Waals surface area contributed by atoms with Gasteiger partial charge in [0.15, 0.2) is 0 Å². The van der Waals surface area contributed by atoms with Crippen LogP contribution in [0.15, 0.2) is 0 Å². The van der Waals surface area contributed by atoms with E-state index in [1.54, 1.807) is 0 Å². The predicted octanol–water partition coefficient (Wildman–Crippen LogP) is -0.370. The quantitative estimate of drug-likeness (QED) is 0.548. The molecule has 0 radical (unpaired) electrons. The summed E-state index contributed by atoms with van der Waals surface area (Å²) in [4.78, 5) is 10.6. The summed E-state index contributed by atoms with van der Waals surface area (Å²) in [5.74, 6) is 0.759. The van der Waals surface area contributed by atoms with E-state index in [1.807, 2.05) is 7.05 Å². The lowest BCUT2D eigenvalue weighted by Gasteiger charge is -2.27. The second-order valence-electron chi connectivity index (χ2n) is 3.11. The zero-order valence-electron chi connectivity index (χ0n) is 6.97. The number of carbonyl (C=O) groups is 1. The van der Waals surface area contributed by atoms with Gasteiger partial charge in [0, 0.05) is 12.5 Å². The Labute approximate surface area is 67.5 Å². The van der Waals surface area contributed by atoms with E-state index in [0.29, 0.717) is 5.92 Å². The molecule has 0 saturated carbocycles. The largest absolute Gasteiger partial charge is 0.319 e. The van der Waals surface area contributed by atoms with Crippen LogP contribution in [0.3, 0.4) is 0 Å². The molecule has 1 aliphatic rings. The van der Waals surface area contributed by atoms with Crippen LogP contribution in [0.1, 0.15) is 6.42 Å². The maximum atomic E-state index is 10.6. The zero-order chi connectivity index (χ0) is 8.10. The van der Waals surface area contributed by atoms with E-state index in [0.717, 1.165) is 32.3 Å². The number of hydrogen-bond acceptors (Lipinski definition) is 3. The zero-order valence-corrected chi connectivity index (χ0v) is 6.97. The van der Waals surface area contributed by atoms with Crippen molar-refractivity contribution in [3.8, 4) is 0 Å². The molecule has 1 rings (SSSR count). The average molecular weight is 156 g/mol. The van der Waals surface area contributed by atoms with Crippen LogP contribution in [-0.2, 0) is 4.79 Å². The van der Waals surface area contributed by atoms with Crippen molar-refractivity contribution in [3.63, 3.8) is 0 Å². The van der Waals surface area contributed by atoms with Crippen molar-refractivity contribution < 1.29 is 4.79 Å². The molecule has 0 aromatic rings. The second kappa shape index (κ2) is 4.46. The third kappa shape index (κ3) is 2.27. The third-order valence-electron chi connectivity index (χ3n) is 2.32. The maximum absolute atomic E-state index is 10.6. The fourth-order valence-electron chi connectivity index (χ4n) is 1.61. The molecule has 2 unspecified atom stereocenters. The highest BCUT2D eigenvalue weighted by atomic mass is 16.1. The van der Waals surface area contributed by atoms with E-state index in [2.05, 4.69) is 10.6 Å². The van der Waals surface area contributed by atoms with Crippen molar-refractivity contribution in [2.75, 3.05) is 26.7 Å². The highest BCUT2D eigenvalue weighted by Crippen LogP contribution is 2.15. The standard InChI is InChI=1S/C8H16N2O/c1-9-4-7-2-3-10-5-8(7)6-11/h6-10H,2-5H2,1H3. The minimum Gasteiger partial charge on any atom is -0.319 e. The van der Waals surface area contributed by atoms with Crippen molar-refractivity contribution in [2.24, 2.45) is 11.8 Å². The number of aldehydes is 1. The van der Waals surface area contributed by atoms with E-state index >= 15 is 0 Å². The minimum absolute atomic E-state index is 0.219. The smallest absolute Gasteiger partial charge is 0.124 e. The summed E-state index contributed by atoms with van der Waals surface area (Å²) in [5.41, 5.74) is 0. The molecule has 0 spiro atoms. The van der Waals surface area contributed by atoms with Gasteiger partial charge in [0.2, 0.25) is 0 Å². The molecular formula is C8H16N2O. The van der Waals surface area contributed by atoms with Gasteiger partial charge in [-0.05, 0) is 32.5 Å². The lowest BCUT2D eigenvalue weighted by molar-refractivity contribution is -0.112. The first-order valence-electron chi connectivity index (χ1n) is 4.19. The molecule has 0 aliphatic carbocycles. The van der Waals surface area contributed by atoms with Crippen LogP contribution in [0.4, 0.5) is 0 Å². The molecule has 1 fully saturated rings. The second-order valence-corrected chi connectivity index (χ2v) is 3.11. The van der Waals surface area contributed by atoms with Crippen LogP contribution >= 0.6 is 0 Å². The molecule has 2 N–H and O–H groups in total. The number of carbonyl (C=O) groups excluding carboxylic acids is 1. The van der Waals surface area contributed by atoms with Crippen LogP contribution in [0.5, 0.6) is 0 Å². The van der Waals surface area contributed by atoms with Gasteiger partial charge >= 0.3 is 0 Å². The van der Waals surface area contributed by atoms with Gasteiger partial charge in [-0.2, -0.15) is 0 Å². The lowest BCUT2D eigenvalue weighted by atomic mass is 9.87. The topological polar surface area (TPSA) is 41.1 Å². The fourth-order valence-corrected chi connectivity index (χ4v) is 1.61. The molecule has 3 nitrogen and oxygen atoms in total. The molecule has 0 bridgehead atoms. The fraction of sp³-hybridized carbons (Fsp3) is 0.875. The Balaban J connectivity index is 2.37. The number of hydrogen-bond donors (Lipinski definition) is 2. The molecule has 1 saturated heterocycles. The first-order chi connectivity index (χ1) is 5.38. The van der Waals surface area contributed by atoms with E-state index in [4.69, 9.17) is 0 Å². The summed E-state index contributed by atoms with van der Waals surface area (Å²) >= 11 is 0.